The molecular weight excluding hydrogens is 851 g/mol. The number of hydrogen-bond acceptors (Lipinski definition) is 5. The molecule has 404 valence electrons. The molecule has 0 aliphatic carbocycles. The second kappa shape index (κ2) is 56.7. The van der Waals surface area contributed by atoms with Crippen molar-refractivity contribution in [2.45, 2.75) is 334 Å². The van der Waals surface area contributed by atoms with Gasteiger partial charge < -0.3 is 20.3 Å². The quantitative estimate of drug-likeness (QED) is 0.0321. The van der Waals surface area contributed by atoms with Crippen LogP contribution in [0.15, 0.2) is 48.6 Å². The fourth-order valence-electron chi connectivity index (χ4n) is 9.26. The molecule has 0 heterocycles. The number of aliphatic hydroxyl groups is 2. The lowest BCUT2D eigenvalue weighted by atomic mass is 10.0. The summed E-state index contributed by atoms with van der Waals surface area (Å²) in [4.78, 5) is 26.3. The largest absolute Gasteiger partial charge is 0.462 e. The predicted octanol–water partition coefficient (Wildman–Crippen LogP) is 19.0. The molecule has 0 saturated carbocycles. The van der Waals surface area contributed by atoms with E-state index in [9.17, 15) is 19.8 Å². The number of rotatable bonds is 55. The van der Waals surface area contributed by atoms with Crippen molar-refractivity contribution in [1.82, 2.24) is 5.32 Å². The fraction of sp³-hybridized carbons (Fsp3) is 0.841. The Morgan fingerprint density at radius 2 is 0.739 bits per heavy atom. The zero-order valence-corrected chi connectivity index (χ0v) is 46.2. The van der Waals surface area contributed by atoms with Gasteiger partial charge in [0.1, 0.15) is 6.10 Å². The number of carbonyl (C=O) groups excluding carboxylic acids is 2. The van der Waals surface area contributed by atoms with Gasteiger partial charge in [0, 0.05) is 6.42 Å². The van der Waals surface area contributed by atoms with Crippen molar-refractivity contribution < 1.29 is 24.5 Å². The molecule has 0 aliphatic heterocycles. The molecule has 0 aromatic carbocycles. The van der Waals surface area contributed by atoms with Crippen LogP contribution in [0.1, 0.15) is 316 Å². The first kappa shape index (κ1) is 66.8. The second-order valence-corrected chi connectivity index (χ2v) is 20.7. The van der Waals surface area contributed by atoms with Crippen molar-refractivity contribution >= 4 is 11.9 Å². The lowest BCUT2D eigenvalue weighted by molar-refractivity contribution is -0.151. The Morgan fingerprint density at radius 1 is 0.420 bits per heavy atom. The summed E-state index contributed by atoms with van der Waals surface area (Å²) in [5.74, 6) is -0.502. The summed E-state index contributed by atoms with van der Waals surface area (Å²) in [6.45, 7) is 6.49. The average Bonchev–Trinajstić information content (AvgIpc) is 3.34. The van der Waals surface area contributed by atoms with Crippen molar-refractivity contribution in [2.24, 2.45) is 0 Å². The lowest BCUT2D eigenvalue weighted by Gasteiger charge is -2.24. The number of nitrogens with one attached hydrogen (secondary N) is 1. The van der Waals surface area contributed by atoms with Crippen LogP contribution >= 0.6 is 0 Å². The van der Waals surface area contributed by atoms with Gasteiger partial charge in [0.05, 0.1) is 25.2 Å². The fourth-order valence-corrected chi connectivity index (χ4v) is 9.26. The highest BCUT2D eigenvalue weighted by Crippen LogP contribution is 2.18. The van der Waals surface area contributed by atoms with Gasteiger partial charge in [-0.05, 0) is 89.9 Å². The predicted molar refractivity (Wildman–Crippen MR) is 301 cm³/mol. The number of amides is 1. The molecule has 0 spiro atoms. The molecule has 69 heavy (non-hydrogen) atoms. The first-order chi connectivity index (χ1) is 34.0. The summed E-state index contributed by atoms with van der Waals surface area (Å²) < 4.78 is 5.96. The lowest BCUT2D eigenvalue weighted by Crippen LogP contribution is -2.46. The van der Waals surface area contributed by atoms with E-state index in [-0.39, 0.29) is 24.9 Å². The Kier molecular flexibility index (Phi) is 54.9. The van der Waals surface area contributed by atoms with Crippen molar-refractivity contribution in [3.05, 3.63) is 48.6 Å². The number of allylic oxidation sites excluding steroid dienone is 8. The SMILES string of the molecule is CCCCC/C=C\C/C=C\C/C=C\CCCCCCC(=O)OC(CCCCC/C=C/CCCCCCCCCCC)CC(=O)NC(CO)C(O)CCCCCCCCCCCCCCCCCCC. The first-order valence-corrected chi connectivity index (χ1v) is 30.4. The smallest absolute Gasteiger partial charge is 0.306 e. The van der Waals surface area contributed by atoms with Crippen molar-refractivity contribution in [3.8, 4) is 0 Å². The maximum Gasteiger partial charge on any atom is 0.306 e. The van der Waals surface area contributed by atoms with Crippen molar-refractivity contribution in [1.29, 1.82) is 0 Å². The zero-order valence-electron chi connectivity index (χ0n) is 46.2. The molecule has 0 fully saturated rings. The maximum atomic E-state index is 13.3. The van der Waals surface area contributed by atoms with Crippen LogP contribution in [0.2, 0.25) is 0 Å². The van der Waals surface area contributed by atoms with Gasteiger partial charge in [-0.25, -0.2) is 0 Å². The molecule has 0 bridgehead atoms. The second-order valence-electron chi connectivity index (χ2n) is 20.7. The summed E-state index contributed by atoms with van der Waals surface area (Å²) >= 11 is 0. The average molecular weight is 969 g/mol. The molecule has 0 aliphatic rings. The van der Waals surface area contributed by atoms with E-state index in [1.54, 1.807) is 0 Å². The number of ether oxygens (including phenoxy) is 1. The number of hydrogen-bond donors (Lipinski definition) is 3. The third-order valence-corrected chi connectivity index (χ3v) is 13.9. The van der Waals surface area contributed by atoms with Crippen molar-refractivity contribution in [2.75, 3.05) is 6.61 Å². The normalized spacial score (nSPS) is 13.4. The summed E-state index contributed by atoms with van der Waals surface area (Å²) in [5, 5.41) is 23.9. The van der Waals surface area contributed by atoms with E-state index >= 15 is 0 Å². The molecule has 3 unspecified atom stereocenters. The Labute approximate surface area is 429 Å². The topological polar surface area (TPSA) is 95.9 Å². The van der Waals surface area contributed by atoms with Gasteiger partial charge in [0.25, 0.3) is 0 Å². The van der Waals surface area contributed by atoms with Crippen LogP contribution in [0.3, 0.4) is 0 Å². The van der Waals surface area contributed by atoms with Gasteiger partial charge in [-0.1, -0.05) is 262 Å². The van der Waals surface area contributed by atoms with Crippen LogP contribution in [0, 0.1) is 0 Å². The minimum absolute atomic E-state index is 0.0595. The minimum atomic E-state index is -0.797. The van der Waals surface area contributed by atoms with Gasteiger partial charge in [0.15, 0.2) is 0 Å². The van der Waals surface area contributed by atoms with Gasteiger partial charge in [0.2, 0.25) is 5.91 Å². The molecule has 0 saturated heterocycles. The summed E-state index contributed by atoms with van der Waals surface area (Å²) in [6, 6.07) is -0.712. The minimum Gasteiger partial charge on any atom is -0.462 e. The Morgan fingerprint density at radius 3 is 1.17 bits per heavy atom. The molecule has 0 aromatic heterocycles. The third kappa shape index (κ3) is 52.0. The van der Waals surface area contributed by atoms with E-state index in [4.69, 9.17) is 4.74 Å². The molecule has 0 aromatic rings. The van der Waals surface area contributed by atoms with E-state index in [1.165, 1.54) is 180 Å². The Hall–Kier alpha value is -2.18. The van der Waals surface area contributed by atoms with Crippen LogP contribution in [0.4, 0.5) is 0 Å². The zero-order chi connectivity index (χ0) is 50.2. The van der Waals surface area contributed by atoms with Crippen LogP contribution < -0.4 is 5.32 Å². The van der Waals surface area contributed by atoms with Crippen LogP contribution in [0.25, 0.3) is 0 Å². The number of unbranched alkanes of at least 4 members (excludes halogenated alkanes) is 35. The molecular formula is C63H117NO5. The molecule has 6 heteroatoms. The van der Waals surface area contributed by atoms with Crippen LogP contribution in [-0.2, 0) is 14.3 Å². The third-order valence-electron chi connectivity index (χ3n) is 13.9. The summed E-state index contributed by atoms with van der Waals surface area (Å²) in [5.41, 5.74) is 0. The number of esters is 1. The molecule has 0 radical (unpaired) electrons. The molecule has 0 rings (SSSR count). The van der Waals surface area contributed by atoms with Crippen LogP contribution in [0.5, 0.6) is 0 Å². The molecule has 3 atom stereocenters. The highest BCUT2D eigenvalue weighted by atomic mass is 16.5. The van der Waals surface area contributed by atoms with Gasteiger partial charge in [-0.3, -0.25) is 9.59 Å². The highest BCUT2D eigenvalue weighted by Gasteiger charge is 2.24. The molecule has 6 nitrogen and oxygen atoms in total. The van der Waals surface area contributed by atoms with Gasteiger partial charge in [-0.15, -0.1) is 0 Å². The molecule has 1 amide bonds. The highest BCUT2D eigenvalue weighted by molar-refractivity contribution is 5.77. The standard InChI is InChI=1S/C63H117NO5/c1-4-7-10-13-16-19-22-25-28-31-34-37-40-43-46-49-52-55-61(66)60(58-65)64-62(67)57-59(54-51-48-45-42-39-36-33-30-27-24-21-18-15-12-9-6-3)69-63(68)56-53-50-47-44-41-38-35-32-29-26-23-20-17-14-11-8-5-2/h17,20,26,29,35-36,38-39,59-61,65-66H,4-16,18-19,21-25,27-28,30-34,37,40-58H2,1-3H3,(H,64,67)/b20-17-,29-26-,38-35-,39-36+. The van der Waals surface area contributed by atoms with E-state index in [2.05, 4.69) is 74.7 Å². The van der Waals surface area contributed by atoms with Crippen LogP contribution in [-0.4, -0.2) is 46.9 Å². The Bertz CT molecular complexity index is 1180. The van der Waals surface area contributed by atoms with E-state index in [0.717, 1.165) is 89.9 Å². The van der Waals surface area contributed by atoms with E-state index in [0.29, 0.717) is 19.3 Å². The number of carbonyl (C=O) groups is 2. The van der Waals surface area contributed by atoms with E-state index in [1.807, 2.05) is 0 Å². The van der Waals surface area contributed by atoms with Crippen molar-refractivity contribution in [3.63, 3.8) is 0 Å². The van der Waals surface area contributed by atoms with Gasteiger partial charge in [-0.2, -0.15) is 0 Å². The molecule has 3 N–H and O–H groups in total. The first-order valence-electron chi connectivity index (χ1n) is 30.4. The number of aliphatic hydroxyl groups excluding tert-OH is 2. The van der Waals surface area contributed by atoms with E-state index < -0.39 is 18.2 Å². The maximum absolute atomic E-state index is 13.3. The summed E-state index contributed by atoms with van der Waals surface area (Å²) in [6.07, 6.45) is 70.3. The Balaban J connectivity index is 4.58. The summed E-state index contributed by atoms with van der Waals surface area (Å²) in [7, 11) is 0. The monoisotopic (exact) mass is 968 g/mol. The van der Waals surface area contributed by atoms with Gasteiger partial charge >= 0.3 is 5.97 Å².